The molecule has 2 heterocycles. The third kappa shape index (κ3) is 2.12. The van der Waals surface area contributed by atoms with Gasteiger partial charge in [-0.15, -0.1) is 0 Å². The number of nitrogens with one attached hydrogen (secondary N) is 1. The summed E-state index contributed by atoms with van der Waals surface area (Å²) in [6.07, 6.45) is 3.45. The lowest BCUT2D eigenvalue weighted by molar-refractivity contribution is 0.297. The molecule has 1 aromatic carbocycles. The van der Waals surface area contributed by atoms with Crippen LogP contribution in [-0.2, 0) is 0 Å². The maximum absolute atomic E-state index is 5.75. The summed E-state index contributed by atoms with van der Waals surface area (Å²) in [5.74, 6) is 1.82. The molecule has 0 spiro atoms. The number of rotatable bonds is 1. The Morgan fingerprint density at radius 2 is 1.88 bits per heavy atom. The highest BCUT2D eigenvalue weighted by molar-refractivity contribution is 5.48. The van der Waals surface area contributed by atoms with E-state index in [2.05, 4.69) is 24.4 Å². The number of hydrogen-bond acceptors (Lipinski definition) is 3. The van der Waals surface area contributed by atoms with Crippen molar-refractivity contribution < 1.29 is 9.47 Å². The number of aryl methyl sites for hydroxylation is 1. The Bertz CT molecular complexity index is 411. The van der Waals surface area contributed by atoms with Crippen LogP contribution >= 0.6 is 0 Å². The molecule has 0 radical (unpaired) electrons. The zero-order valence-corrected chi connectivity index (χ0v) is 10.3. The summed E-state index contributed by atoms with van der Waals surface area (Å²) in [6.45, 7) is 4.80. The Hall–Kier alpha value is -1.22. The quantitative estimate of drug-likeness (QED) is 0.808. The minimum absolute atomic E-state index is 0.493. The van der Waals surface area contributed by atoms with Gasteiger partial charge in [-0.05, 0) is 49.6 Å². The number of ether oxygens (including phenoxy) is 2. The standard InChI is InChI=1S/C14H19NO2/c1-10-8-13-14(17-7-3-6-16-13)9-11(10)12-4-2-5-15-12/h8-9,12,15H,2-7H2,1H3. The van der Waals surface area contributed by atoms with Crippen molar-refractivity contribution in [3.05, 3.63) is 23.3 Å². The van der Waals surface area contributed by atoms with Gasteiger partial charge >= 0.3 is 0 Å². The lowest BCUT2D eigenvalue weighted by atomic mass is 9.99. The molecule has 2 aliphatic rings. The number of fused-ring (bicyclic) bond motifs is 1. The lowest BCUT2D eigenvalue weighted by Crippen LogP contribution is -2.14. The minimum atomic E-state index is 0.493. The first-order chi connectivity index (χ1) is 8.34. The fraction of sp³-hybridized carbons (Fsp3) is 0.571. The Balaban J connectivity index is 1.96. The maximum Gasteiger partial charge on any atom is 0.161 e. The third-order valence-corrected chi connectivity index (χ3v) is 3.57. The van der Waals surface area contributed by atoms with Crippen molar-refractivity contribution in [2.75, 3.05) is 19.8 Å². The molecule has 0 aromatic heterocycles. The molecule has 3 nitrogen and oxygen atoms in total. The van der Waals surface area contributed by atoms with Crippen molar-refractivity contribution >= 4 is 0 Å². The molecule has 1 unspecified atom stereocenters. The van der Waals surface area contributed by atoms with Gasteiger partial charge in [0.1, 0.15) is 0 Å². The molecule has 0 amide bonds. The fourth-order valence-corrected chi connectivity index (χ4v) is 2.65. The van der Waals surface area contributed by atoms with Gasteiger partial charge in [-0.2, -0.15) is 0 Å². The Labute approximate surface area is 102 Å². The zero-order chi connectivity index (χ0) is 11.7. The highest BCUT2D eigenvalue weighted by Crippen LogP contribution is 2.36. The molecule has 2 aliphatic heterocycles. The molecule has 1 N–H and O–H groups in total. The summed E-state index contributed by atoms with van der Waals surface area (Å²) in [5, 5.41) is 3.54. The van der Waals surface area contributed by atoms with Crippen LogP contribution in [0.3, 0.4) is 0 Å². The summed E-state index contributed by atoms with van der Waals surface area (Å²) in [5.41, 5.74) is 2.67. The van der Waals surface area contributed by atoms with Crippen LogP contribution in [0.15, 0.2) is 12.1 Å². The van der Waals surface area contributed by atoms with Gasteiger partial charge in [-0.3, -0.25) is 0 Å². The van der Waals surface area contributed by atoms with Crippen molar-refractivity contribution in [1.82, 2.24) is 5.32 Å². The van der Waals surface area contributed by atoms with Crippen molar-refractivity contribution in [2.24, 2.45) is 0 Å². The summed E-state index contributed by atoms with van der Waals surface area (Å²) in [4.78, 5) is 0. The van der Waals surface area contributed by atoms with Gasteiger partial charge in [0.2, 0.25) is 0 Å². The van der Waals surface area contributed by atoms with Crippen molar-refractivity contribution in [2.45, 2.75) is 32.2 Å². The van der Waals surface area contributed by atoms with Crippen LogP contribution < -0.4 is 14.8 Å². The maximum atomic E-state index is 5.75. The minimum Gasteiger partial charge on any atom is -0.490 e. The molecule has 1 atom stereocenters. The second kappa shape index (κ2) is 4.57. The van der Waals surface area contributed by atoms with Crippen molar-refractivity contribution in [1.29, 1.82) is 0 Å². The average Bonchev–Trinajstić information content (AvgIpc) is 2.75. The largest absolute Gasteiger partial charge is 0.490 e. The monoisotopic (exact) mass is 233 g/mol. The van der Waals surface area contributed by atoms with E-state index in [9.17, 15) is 0 Å². The normalized spacial score (nSPS) is 23.5. The third-order valence-electron chi connectivity index (χ3n) is 3.57. The van der Waals surface area contributed by atoms with Crippen LogP contribution in [0, 0.1) is 6.92 Å². The van der Waals surface area contributed by atoms with Gasteiger partial charge < -0.3 is 14.8 Å². The zero-order valence-electron chi connectivity index (χ0n) is 10.3. The van der Waals surface area contributed by atoms with E-state index >= 15 is 0 Å². The molecule has 92 valence electrons. The first-order valence-corrected chi connectivity index (χ1v) is 6.48. The van der Waals surface area contributed by atoms with E-state index in [0.29, 0.717) is 6.04 Å². The molecule has 1 aromatic rings. The summed E-state index contributed by atoms with van der Waals surface area (Å²) < 4.78 is 11.5. The molecular formula is C14H19NO2. The molecule has 0 bridgehead atoms. The Morgan fingerprint density at radius 3 is 2.59 bits per heavy atom. The Morgan fingerprint density at radius 1 is 1.12 bits per heavy atom. The van der Waals surface area contributed by atoms with Crippen LogP contribution in [-0.4, -0.2) is 19.8 Å². The molecular weight excluding hydrogens is 214 g/mol. The van der Waals surface area contributed by atoms with Crippen LogP contribution in [0.5, 0.6) is 11.5 Å². The molecule has 0 saturated carbocycles. The van der Waals surface area contributed by atoms with Crippen molar-refractivity contribution in [3.8, 4) is 11.5 Å². The molecule has 3 heteroatoms. The van der Waals surface area contributed by atoms with E-state index in [4.69, 9.17) is 9.47 Å². The summed E-state index contributed by atoms with van der Waals surface area (Å²) >= 11 is 0. The average molecular weight is 233 g/mol. The van der Waals surface area contributed by atoms with Gasteiger partial charge in [0, 0.05) is 12.5 Å². The second-order valence-electron chi connectivity index (χ2n) is 4.85. The van der Waals surface area contributed by atoms with E-state index in [1.54, 1.807) is 0 Å². The van der Waals surface area contributed by atoms with Crippen LogP contribution in [0.25, 0.3) is 0 Å². The first-order valence-electron chi connectivity index (χ1n) is 6.48. The highest BCUT2D eigenvalue weighted by Gasteiger charge is 2.21. The molecule has 1 saturated heterocycles. The van der Waals surface area contributed by atoms with E-state index < -0.39 is 0 Å². The van der Waals surface area contributed by atoms with Gasteiger partial charge in [0.15, 0.2) is 11.5 Å². The van der Waals surface area contributed by atoms with Crippen molar-refractivity contribution in [3.63, 3.8) is 0 Å². The Kier molecular flexibility index (Phi) is 2.93. The molecule has 3 rings (SSSR count). The molecule has 0 aliphatic carbocycles. The first kappa shape index (κ1) is 10.9. The van der Waals surface area contributed by atoms with Gasteiger partial charge in [0.05, 0.1) is 13.2 Å². The fourth-order valence-electron chi connectivity index (χ4n) is 2.65. The predicted molar refractivity (Wildman–Crippen MR) is 66.8 cm³/mol. The van der Waals surface area contributed by atoms with E-state index in [0.717, 1.165) is 37.7 Å². The van der Waals surface area contributed by atoms with Gasteiger partial charge in [-0.25, -0.2) is 0 Å². The molecule has 1 fully saturated rings. The van der Waals surface area contributed by atoms with Gasteiger partial charge in [-0.1, -0.05) is 0 Å². The van der Waals surface area contributed by atoms with Crippen LogP contribution in [0.4, 0.5) is 0 Å². The lowest BCUT2D eigenvalue weighted by Gasteiger charge is -2.17. The van der Waals surface area contributed by atoms with E-state index in [-0.39, 0.29) is 0 Å². The number of hydrogen-bond donors (Lipinski definition) is 1. The predicted octanol–water partition coefficient (Wildman–Crippen LogP) is 2.58. The van der Waals surface area contributed by atoms with E-state index in [1.165, 1.54) is 24.0 Å². The summed E-state index contributed by atoms with van der Waals surface area (Å²) in [7, 11) is 0. The summed E-state index contributed by atoms with van der Waals surface area (Å²) in [6, 6.07) is 4.78. The SMILES string of the molecule is Cc1cc2c(cc1C1CCCN1)OCCCO2. The smallest absolute Gasteiger partial charge is 0.161 e. The molecule has 17 heavy (non-hydrogen) atoms. The highest BCUT2D eigenvalue weighted by atomic mass is 16.5. The van der Waals surface area contributed by atoms with Crippen LogP contribution in [0.1, 0.15) is 36.4 Å². The van der Waals surface area contributed by atoms with E-state index in [1.807, 2.05) is 0 Å². The van der Waals surface area contributed by atoms with Gasteiger partial charge in [0.25, 0.3) is 0 Å². The topological polar surface area (TPSA) is 30.5 Å². The number of benzene rings is 1. The van der Waals surface area contributed by atoms with Crippen LogP contribution in [0.2, 0.25) is 0 Å². The second-order valence-corrected chi connectivity index (χ2v) is 4.85.